The van der Waals surface area contributed by atoms with E-state index >= 15 is 0 Å². The summed E-state index contributed by atoms with van der Waals surface area (Å²) >= 11 is 1.59. The SMILES string of the molecule is CCCn1cncc1C(O)c1ccsc1. The Hall–Kier alpha value is -1.13. The molecule has 0 aliphatic carbocycles. The quantitative estimate of drug-likeness (QED) is 0.862. The molecule has 2 aromatic heterocycles. The highest BCUT2D eigenvalue weighted by atomic mass is 32.1. The average Bonchev–Trinajstić information content (AvgIpc) is 2.87. The van der Waals surface area contributed by atoms with Crippen LogP contribution in [0, 0.1) is 0 Å². The summed E-state index contributed by atoms with van der Waals surface area (Å²) in [5.74, 6) is 0. The van der Waals surface area contributed by atoms with E-state index in [1.165, 1.54) is 0 Å². The molecular formula is C11H14N2OS. The van der Waals surface area contributed by atoms with Gasteiger partial charge in [-0.2, -0.15) is 11.3 Å². The second kappa shape index (κ2) is 4.59. The number of hydrogen-bond donors (Lipinski definition) is 1. The van der Waals surface area contributed by atoms with E-state index in [4.69, 9.17) is 0 Å². The molecule has 0 aliphatic heterocycles. The Labute approximate surface area is 93.0 Å². The Morgan fingerprint density at radius 3 is 3.13 bits per heavy atom. The van der Waals surface area contributed by atoms with Crippen LogP contribution in [0.25, 0.3) is 0 Å². The molecule has 0 saturated carbocycles. The van der Waals surface area contributed by atoms with Crippen molar-refractivity contribution in [2.75, 3.05) is 0 Å². The first kappa shape index (κ1) is 10.4. The summed E-state index contributed by atoms with van der Waals surface area (Å²) in [6.07, 6.45) is 4.00. The van der Waals surface area contributed by atoms with Crippen molar-refractivity contribution in [2.24, 2.45) is 0 Å². The van der Waals surface area contributed by atoms with Gasteiger partial charge < -0.3 is 9.67 Å². The average molecular weight is 222 g/mol. The van der Waals surface area contributed by atoms with Crippen LogP contribution in [0.4, 0.5) is 0 Å². The van der Waals surface area contributed by atoms with Gasteiger partial charge in [0.2, 0.25) is 0 Å². The van der Waals surface area contributed by atoms with Crippen molar-refractivity contribution < 1.29 is 5.11 Å². The van der Waals surface area contributed by atoms with Crippen LogP contribution in [0.1, 0.15) is 30.7 Å². The number of aliphatic hydroxyl groups excluding tert-OH is 1. The van der Waals surface area contributed by atoms with Gasteiger partial charge in [-0.05, 0) is 28.8 Å². The smallest absolute Gasteiger partial charge is 0.121 e. The van der Waals surface area contributed by atoms with Gasteiger partial charge in [0.15, 0.2) is 0 Å². The van der Waals surface area contributed by atoms with E-state index in [0.717, 1.165) is 24.2 Å². The van der Waals surface area contributed by atoms with Crippen molar-refractivity contribution in [3.63, 3.8) is 0 Å². The molecule has 1 atom stereocenters. The van der Waals surface area contributed by atoms with E-state index in [2.05, 4.69) is 11.9 Å². The zero-order chi connectivity index (χ0) is 10.7. The van der Waals surface area contributed by atoms with E-state index in [0.29, 0.717) is 0 Å². The molecule has 1 unspecified atom stereocenters. The molecule has 4 heteroatoms. The normalized spacial score (nSPS) is 12.9. The summed E-state index contributed by atoms with van der Waals surface area (Å²) in [5, 5.41) is 14.1. The first-order valence-corrected chi connectivity index (χ1v) is 5.97. The molecule has 0 radical (unpaired) electrons. The molecule has 0 aliphatic rings. The third-order valence-electron chi connectivity index (χ3n) is 2.35. The number of rotatable bonds is 4. The molecule has 15 heavy (non-hydrogen) atoms. The highest BCUT2D eigenvalue weighted by Gasteiger charge is 2.14. The van der Waals surface area contributed by atoms with Crippen molar-refractivity contribution in [3.05, 3.63) is 40.6 Å². The number of thiophene rings is 1. The fourth-order valence-corrected chi connectivity index (χ4v) is 2.27. The van der Waals surface area contributed by atoms with Gasteiger partial charge in [-0.1, -0.05) is 6.92 Å². The number of imidazole rings is 1. The van der Waals surface area contributed by atoms with Crippen molar-refractivity contribution in [1.29, 1.82) is 0 Å². The summed E-state index contributed by atoms with van der Waals surface area (Å²) < 4.78 is 2.00. The number of aryl methyl sites for hydroxylation is 1. The molecular weight excluding hydrogens is 208 g/mol. The molecule has 80 valence electrons. The lowest BCUT2D eigenvalue weighted by molar-refractivity contribution is 0.210. The lowest BCUT2D eigenvalue weighted by Gasteiger charge is -2.11. The predicted molar refractivity (Wildman–Crippen MR) is 60.9 cm³/mol. The van der Waals surface area contributed by atoms with Crippen LogP contribution in [-0.2, 0) is 6.54 Å². The molecule has 2 heterocycles. The van der Waals surface area contributed by atoms with Crippen molar-refractivity contribution >= 4 is 11.3 Å². The fraction of sp³-hybridized carbons (Fsp3) is 0.364. The summed E-state index contributed by atoms with van der Waals surface area (Å²) in [7, 11) is 0. The van der Waals surface area contributed by atoms with Gasteiger partial charge in [-0.25, -0.2) is 4.98 Å². The standard InChI is InChI=1S/C11H14N2OS/c1-2-4-13-8-12-6-10(13)11(14)9-3-5-15-7-9/h3,5-8,11,14H,2,4H2,1H3. The number of aliphatic hydroxyl groups is 1. The highest BCUT2D eigenvalue weighted by Crippen LogP contribution is 2.23. The number of hydrogen-bond acceptors (Lipinski definition) is 3. The summed E-state index contributed by atoms with van der Waals surface area (Å²) in [4.78, 5) is 4.08. The lowest BCUT2D eigenvalue weighted by atomic mass is 10.1. The lowest BCUT2D eigenvalue weighted by Crippen LogP contribution is -2.07. The highest BCUT2D eigenvalue weighted by molar-refractivity contribution is 7.07. The topological polar surface area (TPSA) is 38.0 Å². The minimum absolute atomic E-state index is 0.551. The predicted octanol–water partition coefficient (Wildman–Crippen LogP) is 2.44. The first-order valence-electron chi connectivity index (χ1n) is 5.03. The Bertz CT molecular complexity index is 408. The zero-order valence-electron chi connectivity index (χ0n) is 8.63. The van der Waals surface area contributed by atoms with Gasteiger partial charge in [0.25, 0.3) is 0 Å². The summed E-state index contributed by atoms with van der Waals surface area (Å²) in [5.41, 5.74) is 1.81. The second-order valence-electron chi connectivity index (χ2n) is 3.47. The third kappa shape index (κ3) is 2.11. The van der Waals surface area contributed by atoms with Gasteiger partial charge >= 0.3 is 0 Å². The third-order valence-corrected chi connectivity index (χ3v) is 3.05. The first-order chi connectivity index (χ1) is 7.33. The Morgan fingerprint density at radius 1 is 1.60 bits per heavy atom. The van der Waals surface area contributed by atoms with Gasteiger partial charge in [0, 0.05) is 6.54 Å². The van der Waals surface area contributed by atoms with E-state index in [1.807, 2.05) is 21.4 Å². The van der Waals surface area contributed by atoms with Crippen molar-refractivity contribution in [1.82, 2.24) is 9.55 Å². The van der Waals surface area contributed by atoms with Crippen LogP contribution in [0.15, 0.2) is 29.4 Å². The maximum Gasteiger partial charge on any atom is 0.121 e. The molecule has 2 rings (SSSR count). The zero-order valence-corrected chi connectivity index (χ0v) is 9.44. The number of nitrogens with zero attached hydrogens (tertiary/aromatic N) is 2. The van der Waals surface area contributed by atoms with Gasteiger partial charge in [0.1, 0.15) is 6.10 Å². The number of aromatic nitrogens is 2. The van der Waals surface area contributed by atoms with E-state index in [-0.39, 0.29) is 0 Å². The molecule has 0 saturated heterocycles. The van der Waals surface area contributed by atoms with E-state index in [1.54, 1.807) is 23.9 Å². The maximum atomic E-state index is 10.1. The Morgan fingerprint density at radius 2 is 2.47 bits per heavy atom. The van der Waals surface area contributed by atoms with E-state index in [9.17, 15) is 5.11 Å². The summed E-state index contributed by atoms with van der Waals surface area (Å²) in [6, 6.07) is 1.94. The molecule has 2 aromatic rings. The van der Waals surface area contributed by atoms with Crippen LogP contribution in [0.5, 0.6) is 0 Å². The van der Waals surface area contributed by atoms with Crippen LogP contribution in [0.3, 0.4) is 0 Å². The molecule has 3 nitrogen and oxygen atoms in total. The van der Waals surface area contributed by atoms with Crippen LogP contribution >= 0.6 is 11.3 Å². The van der Waals surface area contributed by atoms with Crippen molar-refractivity contribution in [3.8, 4) is 0 Å². The molecule has 0 amide bonds. The van der Waals surface area contributed by atoms with Crippen molar-refractivity contribution in [2.45, 2.75) is 26.0 Å². The maximum absolute atomic E-state index is 10.1. The van der Waals surface area contributed by atoms with Crippen LogP contribution < -0.4 is 0 Å². The minimum Gasteiger partial charge on any atom is -0.382 e. The van der Waals surface area contributed by atoms with Gasteiger partial charge in [-0.15, -0.1) is 0 Å². The van der Waals surface area contributed by atoms with Crippen LogP contribution in [-0.4, -0.2) is 14.7 Å². The molecule has 0 fully saturated rings. The molecule has 0 aromatic carbocycles. The van der Waals surface area contributed by atoms with Crippen LogP contribution in [0.2, 0.25) is 0 Å². The largest absolute Gasteiger partial charge is 0.382 e. The molecule has 0 spiro atoms. The molecule has 1 N–H and O–H groups in total. The monoisotopic (exact) mass is 222 g/mol. The van der Waals surface area contributed by atoms with Gasteiger partial charge in [0.05, 0.1) is 18.2 Å². The molecule has 0 bridgehead atoms. The van der Waals surface area contributed by atoms with E-state index < -0.39 is 6.10 Å². The Balaban J connectivity index is 2.25. The minimum atomic E-state index is -0.551. The van der Waals surface area contributed by atoms with Gasteiger partial charge in [-0.3, -0.25) is 0 Å². The summed E-state index contributed by atoms with van der Waals surface area (Å²) in [6.45, 7) is 3.01. The fourth-order valence-electron chi connectivity index (χ4n) is 1.59. The second-order valence-corrected chi connectivity index (χ2v) is 4.25. The Kier molecular flexibility index (Phi) is 3.18.